The lowest BCUT2D eigenvalue weighted by Crippen LogP contribution is -1.89. The topological polar surface area (TPSA) is 25.8 Å². The van der Waals surface area contributed by atoms with Crippen molar-refractivity contribution in [2.45, 2.75) is 20.3 Å². The summed E-state index contributed by atoms with van der Waals surface area (Å²) in [7, 11) is 0. The fourth-order valence-corrected chi connectivity index (χ4v) is 2.64. The van der Waals surface area contributed by atoms with Crippen LogP contribution in [0.3, 0.4) is 0 Å². The Morgan fingerprint density at radius 3 is 2.80 bits per heavy atom. The maximum atomic E-state index is 4.29. The van der Waals surface area contributed by atoms with Gasteiger partial charge in [0.05, 0.1) is 16.8 Å². The highest BCUT2D eigenvalue weighted by molar-refractivity contribution is 7.15. The van der Waals surface area contributed by atoms with Gasteiger partial charge < -0.3 is 0 Å². The Morgan fingerprint density at radius 2 is 2.13 bits per heavy atom. The van der Waals surface area contributed by atoms with Gasteiger partial charge in [-0.3, -0.25) is 9.97 Å². The van der Waals surface area contributed by atoms with Crippen molar-refractivity contribution in [2.24, 2.45) is 5.92 Å². The molecule has 0 aliphatic carbocycles. The smallest absolute Gasteiger partial charge is 0.0984 e. The van der Waals surface area contributed by atoms with Crippen molar-refractivity contribution in [3.63, 3.8) is 0 Å². The number of aromatic nitrogens is 2. The highest BCUT2D eigenvalue weighted by Crippen LogP contribution is 2.27. The Labute approximate surface area is 94.0 Å². The minimum Gasteiger partial charge on any atom is -0.261 e. The van der Waals surface area contributed by atoms with Crippen molar-refractivity contribution in [1.29, 1.82) is 0 Å². The Kier molecular flexibility index (Phi) is 3.11. The SMILES string of the molecule is CC(C)Cc1ccc(-c2cnccn2)s1. The second-order valence-electron chi connectivity index (χ2n) is 3.95. The summed E-state index contributed by atoms with van der Waals surface area (Å²) < 4.78 is 0. The van der Waals surface area contributed by atoms with Crippen LogP contribution < -0.4 is 0 Å². The van der Waals surface area contributed by atoms with Crippen LogP contribution in [-0.4, -0.2) is 9.97 Å². The Morgan fingerprint density at radius 1 is 1.27 bits per heavy atom. The van der Waals surface area contributed by atoms with Crippen LogP contribution in [0.1, 0.15) is 18.7 Å². The first kappa shape index (κ1) is 10.3. The van der Waals surface area contributed by atoms with E-state index in [2.05, 4.69) is 35.9 Å². The number of thiophene rings is 1. The molecule has 78 valence electrons. The van der Waals surface area contributed by atoms with E-state index in [1.807, 2.05) is 17.5 Å². The molecule has 3 heteroatoms. The molecule has 2 nitrogen and oxygen atoms in total. The summed E-state index contributed by atoms with van der Waals surface area (Å²) in [5, 5.41) is 0. The zero-order valence-corrected chi connectivity index (χ0v) is 9.79. The maximum absolute atomic E-state index is 4.29. The molecule has 2 rings (SSSR count). The Hall–Kier alpha value is -1.22. The minimum atomic E-state index is 0.707. The molecule has 0 amide bonds. The molecular weight excluding hydrogens is 204 g/mol. The Bertz CT molecular complexity index is 420. The maximum Gasteiger partial charge on any atom is 0.0984 e. The lowest BCUT2D eigenvalue weighted by atomic mass is 10.1. The van der Waals surface area contributed by atoms with Gasteiger partial charge in [-0.2, -0.15) is 0 Å². The predicted octanol–water partition coefficient (Wildman–Crippen LogP) is 3.40. The number of rotatable bonds is 3. The van der Waals surface area contributed by atoms with Crippen molar-refractivity contribution in [3.8, 4) is 10.6 Å². The molecule has 0 N–H and O–H groups in total. The molecule has 0 aliphatic heterocycles. The van der Waals surface area contributed by atoms with E-state index in [4.69, 9.17) is 0 Å². The molecule has 0 saturated heterocycles. The summed E-state index contributed by atoms with van der Waals surface area (Å²) in [5.74, 6) is 0.707. The molecule has 2 aromatic heterocycles. The summed E-state index contributed by atoms with van der Waals surface area (Å²) in [6.07, 6.45) is 6.39. The zero-order valence-electron chi connectivity index (χ0n) is 8.97. The molecule has 0 aliphatic rings. The van der Waals surface area contributed by atoms with Crippen LogP contribution in [0.5, 0.6) is 0 Å². The summed E-state index contributed by atoms with van der Waals surface area (Å²) in [6.45, 7) is 4.48. The van der Waals surface area contributed by atoms with Gasteiger partial charge in [0.1, 0.15) is 0 Å². The summed E-state index contributed by atoms with van der Waals surface area (Å²) in [4.78, 5) is 11.0. The Balaban J connectivity index is 2.21. The average Bonchev–Trinajstić information content (AvgIpc) is 2.67. The van der Waals surface area contributed by atoms with Gasteiger partial charge in [-0.25, -0.2) is 0 Å². The first-order chi connectivity index (χ1) is 7.25. The fraction of sp³-hybridized carbons (Fsp3) is 0.333. The minimum absolute atomic E-state index is 0.707. The molecule has 0 bridgehead atoms. The first-order valence-electron chi connectivity index (χ1n) is 5.11. The van der Waals surface area contributed by atoms with E-state index < -0.39 is 0 Å². The van der Waals surface area contributed by atoms with Crippen molar-refractivity contribution >= 4 is 11.3 Å². The molecule has 2 aromatic rings. The third-order valence-corrected chi connectivity index (χ3v) is 3.22. The van der Waals surface area contributed by atoms with Gasteiger partial charge in [-0.05, 0) is 24.5 Å². The lowest BCUT2D eigenvalue weighted by molar-refractivity contribution is 0.654. The van der Waals surface area contributed by atoms with Crippen molar-refractivity contribution < 1.29 is 0 Å². The highest BCUT2D eigenvalue weighted by Gasteiger charge is 2.05. The van der Waals surface area contributed by atoms with Crippen LogP contribution in [0.25, 0.3) is 10.6 Å². The summed E-state index contributed by atoms with van der Waals surface area (Å²) in [6, 6.07) is 4.32. The van der Waals surface area contributed by atoms with Gasteiger partial charge in [-0.15, -0.1) is 11.3 Å². The average molecular weight is 218 g/mol. The van der Waals surface area contributed by atoms with Gasteiger partial charge in [0, 0.05) is 17.3 Å². The molecule has 15 heavy (non-hydrogen) atoms. The van der Waals surface area contributed by atoms with E-state index in [1.165, 1.54) is 9.75 Å². The molecule has 0 atom stereocenters. The molecule has 0 unspecified atom stereocenters. The third kappa shape index (κ3) is 2.63. The van der Waals surface area contributed by atoms with Crippen LogP contribution in [0.4, 0.5) is 0 Å². The summed E-state index contributed by atoms with van der Waals surface area (Å²) in [5.41, 5.74) is 0.970. The van der Waals surface area contributed by atoms with E-state index in [1.54, 1.807) is 12.4 Å². The van der Waals surface area contributed by atoms with Crippen molar-refractivity contribution in [2.75, 3.05) is 0 Å². The molecule has 0 spiro atoms. The van der Waals surface area contributed by atoms with Gasteiger partial charge in [0.2, 0.25) is 0 Å². The van der Waals surface area contributed by atoms with Gasteiger partial charge in [-0.1, -0.05) is 13.8 Å². The van der Waals surface area contributed by atoms with Crippen LogP contribution in [0.15, 0.2) is 30.7 Å². The molecular formula is C12H14N2S. The van der Waals surface area contributed by atoms with Gasteiger partial charge >= 0.3 is 0 Å². The van der Waals surface area contributed by atoms with E-state index in [9.17, 15) is 0 Å². The number of hydrogen-bond donors (Lipinski definition) is 0. The number of nitrogens with zero attached hydrogens (tertiary/aromatic N) is 2. The monoisotopic (exact) mass is 218 g/mol. The molecule has 2 heterocycles. The quantitative estimate of drug-likeness (QED) is 0.789. The van der Waals surface area contributed by atoms with E-state index in [0.29, 0.717) is 5.92 Å². The van der Waals surface area contributed by atoms with E-state index in [0.717, 1.165) is 12.1 Å². The molecule has 0 aromatic carbocycles. The summed E-state index contributed by atoms with van der Waals surface area (Å²) >= 11 is 1.81. The zero-order chi connectivity index (χ0) is 10.7. The van der Waals surface area contributed by atoms with E-state index in [-0.39, 0.29) is 0 Å². The van der Waals surface area contributed by atoms with Crippen LogP contribution in [-0.2, 0) is 6.42 Å². The number of hydrogen-bond acceptors (Lipinski definition) is 3. The van der Waals surface area contributed by atoms with Crippen LogP contribution >= 0.6 is 11.3 Å². The third-order valence-electron chi connectivity index (χ3n) is 2.09. The normalized spacial score (nSPS) is 10.9. The highest BCUT2D eigenvalue weighted by atomic mass is 32.1. The fourth-order valence-electron chi connectivity index (χ4n) is 1.45. The molecule has 0 saturated carbocycles. The second kappa shape index (κ2) is 4.53. The molecule has 0 fully saturated rings. The second-order valence-corrected chi connectivity index (χ2v) is 5.12. The van der Waals surface area contributed by atoms with E-state index >= 15 is 0 Å². The standard InChI is InChI=1S/C12H14N2S/c1-9(2)7-10-3-4-12(15-10)11-8-13-5-6-14-11/h3-6,8-9H,7H2,1-2H3. The molecule has 0 radical (unpaired) electrons. The van der Waals surface area contributed by atoms with Crippen LogP contribution in [0.2, 0.25) is 0 Å². The largest absolute Gasteiger partial charge is 0.261 e. The van der Waals surface area contributed by atoms with Crippen LogP contribution in [0, 0.1) is 5.92 Å². The lowest BCUT2D eigenvalue weighted by Gasteiger charge is -1.99. The van der Waals surface area contributed by atoms with Gasteiger partial charge in [0.15, 0.2) is 0 Å². The first-order valence-corrected chi connectivity index (χ1v) is 5.92. The van der Waals surface area contributed by atoms with Gasteiger partial charge in [0.25, 0.3) is 0 Å². The van der Waals surface area contributed by atoms with Crippen molar-refractivity contribution in [3.05, 3.63) is 35.6 Å². The predicted molar refractivity (Wildman–Crippen MR) is 63.9 cm³/mol. The van der Waals surface area contributed by atoms with Crippen molar-refractivity contribution in [1.82, 2.24) is 9.97 Å².